The maximum atomic E-state index is 10.2. The largest absolute Gasteiger partial charge is 0.507 e. The van der Waals surface area contributed by atoms with Crippen molar-refractivity contribution in [2.45, 2.75) is 0 Å². The standard InChI is InChI=1S/C29H27N7O/c30-28-26(17-25(32-33-28)24-9-3-4-10-27(24)37)36-20-29(21-36)18-35(19-29)23-11-12-31-22(16-23)8-7-15-34-13-5-1-2-6-14-34/h1-6,9-14,16-17,37H,15,18-21H2,(H2,30,33). The Bertz CT molecular complexity index is 1450. The van der Waals surface area contributed by atoms with Gasteiger partial charge >= 0.3 is 0 Å². The number of phenolic OH excluding ortho intramolecular Hbond substituents is 1. The highest BCUT2D eigenvalue weighted by molar-refractivity contribution is 5.75. The number of hydrogen-bond acceptors (Lipinski definition) is 8. The molecule has 0 amide bonds. The Hall–Kier alpha value is -4.77. The maximum absolute atomic E-state index is 10.2. The first kappa shape index (κ1) is 22.7. The van der Waals surface area contributed by atoms with Crippen LogP contribution in [0.15, 0.2) is 85.4 Å². The molecule has 2 aromatic heterocycles. The number of aromatic hydroxyl groups is 1. The van der Waals surface area contributed by atoms with E-state index in [2.05, 4.69) is 42.9 Å². The topological polar surface area (TPSA) is 94.6 Å². The van der Waals surface area contributed by atoms with E-state index in [0.717, 1.165) is 43.2 Å². The minimum absolute atomic E-state index is 0.177. The Morgan fingerprint density at radius 3 is 2.46 bits per heavy atom. The lowest BCUT2D eigenvalue weighted by Gasteiger charge is -2.61. The monoisotopic (exact) mass is 489 g/mol. The maximum Gasteiger partial charge on any atom is 0.169 e. The molecule has 184 valence electrons. The van der Waals surface area contributed by atoms with E-state index in [1.54, 1.807) is 12.1 Å². The fourth-order valence-corrected chi connectivity index (χ4v) is 5.06. The van der Waals surface area contributed by atoms with Crippen LogP contribution in [-0.4, -0.2) is 57.9 Å². The van der Waals surface area contributed by atoms with Crippen molar-refractivity contribution in [3.05, 3.63) is 91.1 Å². The Balaban J connectivity index is 1.08. The number of anilines is 3. The molecule has 0 atom stereocenters. The normalized spacial score (nSPS) is 17.1. The third-order valence-electron chi connectivity index (χ3n) is 6.90. The van der Waals surface area contributed by atoms with Crippen molar-refractivity contribution in [1.29, 1.82) is 0 Å². The highest BCUT2D eigenvalue weighted by atomic mass is 16.3. The van der Waals surface area contributed by atoms with Crippen LogP contribution in [0.4, 0.5) is 17.2 Å². The van der Waals surface area contributed by atoms with Crippen molar-refractivity contribution >= 4 is 17.2 Å². The number of benzene rings is 1. The van der Waals surface area contributed by atoms with Crippen LogP contribution in [0.25, 0.3) is 11.3 Å². The van der Waals surface area contributed by atoms with Crippen molar-refractivity contribution in [3.8, 4) is 28.8 Å². The summed E-state index contributed by atoms with van der Waals surface area (Å²) in [5.74, 6) is 6.98. The number of nitrogens with two attached hydrogens (primary N) is 1. The predicted molar refractivity (Wildman–Crippen MR) is 146 cm³/mol. The van der Waals surface area contributed by atoms with E-state index in [0.29, 0.717) is 23.6 Å². The van der Waals surface area contributed by atoms with Crippen LogP contribution in [0.3, 0.4) is 0 Å². The summed E-state index contributed by atoms with van der Waals surface area (Å²) in [5.41, 5.74) is 10.5. The lowest BCUT2D eigenvalue weighted by atomic mass is 9.72. The molecule has 37 heavy (non-hydrogen) atoms. The number of allylic oxidation sites excluding steroid dienone is 4. The highest BCUT2D eigenvalue weighted by Gasteiger charge is 2.52. The first-order valence-electron chi connectivity index (χ1n) is 12.2. The van der Waals surface area contributed by atoms with Gasteiger partial charge in [0.1, 0.15) is 11.4 Å². The van der Waals surface area contributed by atoms with Gasteiger partial charge < -0.3 is 25.5 Å². The molecular weight excluding hydrogens is 462 g/mol. The second-order valence-electron chi connectivity index (χ2n) is 9.67. The molecule has 8 nitrogen and oxygen atoms in total. The summed E-state index contributed by atoms with van der Waals surface area (Å²) < 4.78 is 0. The summed E-state index contributed by atoms with van der Waals surface area (Å²) in [7, 11) is 0. The zero-order valence-corrected chi connectivity index (χ0v) is 20.3. The lowest BCUT2D eigenvalue weighted by Crippen LogP contribution is -2.72. The molecule has 2 saturated heterocycles. The van der Waals surface area contributed by atoms with Gasteiger partial charge in [-0.3, -0.25) is 0 Å². The van der Waals surface area contributed by atoms with E-state index in [9.17, 15) is 5.11 Å². The number of nitrogen functional groups attached to an aromatic ring is 1. The van der Waals surface area contributed by atoms with E-state index in [1.165, 1.54) is 0 Å². The van der Waals surface area contributed by atoms with E-state index < -0.39 is 0 Å². The molecule has 6 rings (SSSR count). The number of hydrogen-bond donors (Lipinski definition) is 2. The van der Waals surface area contributed by atoms with Gasteiger partial charge in [-0.15, -0.1) is 10.2 Å². The number of para-hydroxylation sites is 1. The van der Waals surface area contributed by atoms with Crippen LogP contribution < -0.4 is 15.5 Å². The van der Waals surface area contributed by atoms with Crippen LogP contribution in [-0.2, 0) is 0 Å². The van der Waals surface area contributed by atoms with E-state index >= 15 is 0 Å². The molecule has 5 heterocycles. The van der Waals surface area contributed by atoms with Gasteiger partial charge in [0, 0.05) is 61.4 Å². The minimum atomic E-state index is 0.177. The van der Waals surface area contributed by atoms with E-state index in [4.69, 9.17) is 5.73 Å². The minimum Gasteiger partial charge on any atom is -0.507 e. The van der Waals surface area contributed by atoms with Gasteiger partial charge in [-0.25, -0.2) is 4.98 Å². The quantitative estimate of drug-likeness (QED) is 0.539. The zero-order chi connectivity index (χ0) is 25.2. The zero-order valence-electron chi connectivity index (χ0n) is 20.3. The molecule has 0 bridgehead atoms. The second kappa shape index (κ2) is 9.36. The summed E-state index contributed by atoms with van der Waals surface area (Å²) in [6.07, 6.45) is 13.8. The summed E-state index contributed by atoms with van der Waals surface area (Å²) in [6, 6.07) is 13.2. The molecule has 8 heteroatoms. The van der Waals surface area contributed by atoms with Crippen LogP contribution in [0, 0.1) is 17.3 Å². The Kier molecular flexibility index (Phi) is 5.73. The number of phenols is 1. The van der Waals surface area contributed by atoms with E-state index in [-0.39, 0.29) is 11.2 Å². The molecule has 3 N–H and O–H groups in total. The first-order valence-corrected chi connectivity index (χ1v) is 12.2. The third-order valence-corrected chi connectivity index (χ3v) is 6.90. The Labute approximate surface area is 216 Å². The van der Waals surface area contributed by atoms with Gasteiger partial charge in [0.25, 0.3) is 0 Å². The average molecular weight is 490 g/mol. The van der Waals surface area contributed by atoms with E-state index in [1.807, 2.05) is 72.1 Å². The summed E-state index contributed by atoms with van der Waals surface area (Å²) in [6.45, 7) is 4.37. The van der Waals surface area contributed by atoms with Gasteiger partial charge in [-0.2, -0.15) is 0 Å². The van der Waals surface area contributed by atoms with Crippen molar-refractivity contribution in [2.75, 3.05) is 48.3 Å². The van der Waals surface area contributed by atoms with Gasteiger partial charge in [0.2, 0.25) is 0 Å². The summed E-state index contributed by atoms with van der Waals surface area (Å²) >= 11 is 0. The van der Waals surface area contributed by atoms with Crippen LogP contribution in [0.5, 0.6) is 5.75 Å². The van der Waals surface area contributed by atoms with Crippen molar-refractivity contribution in [1.82, 2.24) is 20.1 Å². The van der Waals surface area contributed by atoms with Crippen molar-refractivity contribution < 1.29 is 5.11 Å². The number of nitrogens with zero attached hydrogens (tertiary/aromatic N) is 6. The summed E-state index contributed by atoms with van der Waals surface area (Å²) in [5, 5.41) is 18.5. The number of aromatic nitrogens is 3. The smallest absolute Gasteiger partial charge is 0.169 e. The van der Waals surface area contributed by atoms with Gasteiger partial charge in [0.05, 0.1) is 17.9 Å². The average Bonchev–Trinajstić information content (AvgIpc) is 3.13. The fourth-order valence-electron chi connectivity index (χ4n) is 5.06. The van der Waals surface area contributed by atoms with Gasteiger partial charge in [-0.05, 0) is 48.4 Å². The van der Waals surface area contributed by atoms with Crippen LogP contribution in [0.2, 0.25) is 0 Å². The van der Waals surface area contributed by atoms with Gasteiger partial charge in [0.15, 0.2) is 5.82 Å². The molecule has 2 fully saturated rings. The van der Waals surface area contributed by atoms with Crippen LogP contribution >= 0.6 is 0 Å². The molecule has 3 aliphatic rings. The molecule has 0 unspecified atom stereocenters. The summed E-state index contributed by atoms with van der Waals surface area (Å²) in [4.78, 5) is 11.1. The molecule has 0 radical (unpaired) electrons. The molecule has 0 aliphatic carbocycles. The molecule has 0 saturated carbocycles. The predicted octanol–water partition coefficient (Wildman–Crippen LogP) is 3.40. The van der Waals surface area contributed by atoms with Gasteiger partial charge in [-0.1, -0.05) is 30.2 Å². The molecule has 1 aromatic carbocycles. The molecule has 3 aromatic rings. The molecule has 1 spiro atoms. The SMILES string of the molecule is Nc1nnc(-c2ccccc2O)cc1N1CC2(CN(c3ccnc(C#CCN4C=CC=CC=C4)c3)C2)C1. The molecule has 3 aliphatic heterocycles. The lowest BCUT2D eigenvalue weighted by molar-refractivity contribution is 0.157. The van der Waals surface area contributed by atoms with Crippen molar-refractivity contribution in [3.63, 3.8) is 0 Å². The Morgan fingerprint density at radius 2 is 1.68 bits per heavy atom. The highest BCUT2D eigenvalue weighted by Crippen LogP contribution is 2.45. The first-order chi connectivity index (χ1) is 18.1. The third kappa shape index (κ3) is 4.59. The molecular formula is C29H27N7O. The number of pyridine rings is 1. The van der Waals surface area contributed by atoms with Crippen LogP contribution in [0.1, 0.15) is 5.69 Å². The number of rotatable bonds is 4. The fraction of sp³-hybridized carbons (Fsp3) is 0.207. The Morgan fingerprint density at radius 1 is 0.919 bits per heavy atom. The second-order valence-corrected chi connectivity index (χ2v) is 9.67. The van der Waals surface area contributed by atoms with Crippen molar-refractivity contribution in [2.24, 2.45) is 5.41 Å².